The van der Waals surface area contributed by atoms with Gasteiger partial charge in [-0.05, 0) is 44.6 Å². The van der Waals surface area contributed by atoms with Gasteiger partial charge in [-0.2, -0.15) is 5.26 Å². The molecule has 2 saturated heterocycles. The third-order valence-electron chi connectivity index (χ3n) is 4.87. The summed E-state index contributed by atoms with van der Waals surface area (Å²) in [5, 5.41) is 17.6. The van der Waals surface area contributed by atoms with E-state index in [4.69, 9.17) is 5.26 Å². The number of nitriles is 1. The molecule has 2 fully saturated rings. The van der Waals surface area contributed by atoms with E-state index < -0.39 is 11.9 Å². The van der Waals surface area contributed by atoms with Crippen LogP contribution in [0.4, 0.5) is 0 Å². The lowest BCUT2D eigenvalue weighted by Gasteiger charge is -2.23. The van der Waals surface area contributed by atoms with Crippen LogP contribution in [0.1, 0.15) is 46.0 Å². The second kappa shape index (κ2) is 9.64. The van der Waals surface area contributed by atoms with Gasteiger partial charge in [-0.1, -0.05) is 13.8 Å². The number of amides is 3. The number of nitrogens with zero attached hydrogens (tertiary/aromatic N) is 2. The van der Waals surface area contributed by atoms with Crippen molar-refractivity contribution in [3.8, 4) is 6.07 Å². The zero-order valence-corrected chi connectivity index (χ0v) is 15.6. The van der Waals surface area contributed by atoms with Gasteiger partial charge in [-0.15, -0.1) is 0 Å². The first-order valence-electron chi connectivity index (χ1n) is 9.43. The van der Waals surface area contributed by atoms with Crippen molar-refractivity contribution in [3.05, 3.63) is 0 Å². The smallest absolute Gasteiger partial charge is 0.243 e. The number of carbonyl (C=O) groups excluding carboxylic acids is 3. The molecule has 2 aliphatic heterocycles. The average Bonchev–Trinajstić information content (AvgIpc) is 3.28. The van der Waals surface area contributed by atoms with E-state index in [-0.39, 0.29) is 36.4 Å². The summed E-state index contributed by atoms with van der Waals surface area (Å²) in [7, 11) is 0. The fourth-order valence-corrected chi connectivity index (χ4v) is 3.47. The molecule has 144 valence electrons. The molecule has 2 aliphatic rings. The van der Waals surface area contributed by atoms with Crippen LogP contribution in [0.3, 0.4) is 0 Å². The van der Waals surface area contributed by atoms with Crippen LogP contribution in [-0.2, 0) is 14.4 Å². The quantitative estimate of drug-likeness (QED) is 0.582. The molecule has 0 bridgehead atoms. The first-order chi connectivity index (χ1) is 12.4. The van der Waals surface area contributed by atoms with Gasteiger partial charge >= 0.3 is 0 Å². The second-order valence-corrected chi connectivity index (χ2v) is 7.44. The van der Waals surface area contributed by atoms with Crippen LogP contribution in [0.25, 0.3) is 0 Å². The molecule has 0 spiro atoms. The molecule has 26 heavy (non-hydrogen) atoms. The highest BCUT2D eigenvalue weighted by Crippen LogP contribution is 2.16. The summed E-state index contributed by atoms with van der Waals surface area (Å²) in [6.07, 6.45) is 3.69. The minimum atomic E-state index is -0.618. The Hall–Kier alpha value is -1.98. The Balaban J connectivity index is 1.89. The number of hydrogen-bond acceptors (Lipinski definition) is 6. The number of rotatable bonds is 7. The number of likely N-dealkylation sites (tertiary alicyclic amines) is 1. The molecule has 8 nitrogen and oxygen atoms in total. The first-order valence-corrected chi connectivity index (χ1v) is 9.43. The highest BCUT2D eigenvalue weighted by atomic mass is 16.2. The SMILES string of the molecule is CC(C)C[C@H](NCC(=O)N1CCC[C@H]1C#N)C(=O)NC(=O)[C@@H]1CCCN1. The summed E-state index contributed by atoms with van der Waals surface area (Å²) in [4.78, 5) is 38.6. The van der Waals surface area contributed by atoms with Crippen molar-refractivity contribution in [3.63, 3.8) is 0 Å². The van der Waals surface area contributed by atoms with Gasteiger partial charge in [0.25, 0.3) is 0 Å². The van der Waals surface area contributed by atoms with Crippen LogP contribution in [0.5, 0.6) is 0 Å². The molecule has 0 aromatic rings. The summed E-state index contributed by atoms with van der Waals surface area (Å²) in [5.41, 5.74) is 0. The monoisotopic (exact) mass is 363 g/mol. The number of nitrogens with one attached hydrogen (secondary N) is 3. The molecule has 0 aliphatic carbocycles. The van der Waals surface area contributed by atoms with Crippen LogP contribution in [0.15, 0.2) is 0 Å². The second-order valence-electron chi connectivity index (χ2n) is 7.44. The van der Waals surface area contributed by atoms with Crippen LogP contribution in [0, 0.1) is 17.2 Å². The summed E-state index contributed by atoms with van der Waals surface area (Å²) < 4.78 is 0. The Morgan fingerprint density at radius 2 is 2.04 bits per heavy atom. The van der Waals surface area contributed by atoms with Crippen molar-refractivity contribution in [2.75, 3.05) is 19.6 Å². The van der Waals surface area contributed by atoms with Crippen molar-refractivity contribution in [1.82, 2.24) is 20.9 Å². The Kier molecular flexibility index (Phi) is 7.54. The van der Waals surface area contributed by atoms with Gasteiger partial charge in [-0.3, -0.25) is 25.0 Å². The average molecular weight is 363 g/mol. The summed E-state index contributed by atoms with van der Waals surface area (Å²) in [6, 6.07) is 0.827. The predicted molar refractivity (Wildman–Crippen MR) is 95.8 cm³/mol. The standard InChI is InChI=1S/C18H29N5O3/c1-12(2)9-15(18(26)22-17(25)14-6-3-7-20-14)21-11-16(24)23-8-4-5-13(23)10-19/h12-15,20-21H,3-9,11H2,1-2H3,(H,22,25,26)/t13-,14-,15-/m0/s1. The van der Waals surface area contributed by atoms with E-state index in [1.54, 1.807) is 4.90 Å². The van der Waals surface area contributed by atoms with E-state index in [2.05, 4.69) is 22.0 Å². The van der Waals surface area contributed by atoms with Crippen LogP contribution in [0.2, 0.25) is 0 Å². The summed E-state index contributed by atoms with van der Waals surface area (Å²) in [6.45, 7) is 5.31. The summed E-state index contributed by atoms with van der Waals surface area (Å²) >= 11 is 0. The zero-order chi connectivity index (χ0) is 19.1. The Labute approximate surface area is 154 Å². The van der Waals surface area contributed by atoms with E-state index in [0.29, 0.717) is 19.4 Å². The molecule has 3 N–H and O–H groups in total. The molecule has 2 rings (SSSR count). The van der Waals surface area contributed by atoms with Gasteiger partial charge in [0.2, 0.25) is 17.7 Å². The van der Waals surface area contributed by atoms with Crippen LogP contribution in [-0.4, -0.2) is 60.4 Å². The lowest BCUT2D eigenvalue weighted by molar-refractivity contribution is -0.133. The Morgan fingerprint density at radius 1 is 1.27 bits per heavy atom. The molecule has 2 heterocycles. The van der Waals surface area contributed by atoms with Crippen molar-refractivity contribution in [2.24, 2.45) is 5.92 Å². The van der Waals surface area contributed by atoms with Crippen LogP contribution >= 0.6 is 0 Å². The maximum absolute atomic E-state index is 12.5. The normalized spacial score (nSPS) is 23.7. The van der Waals surface area contributed by atoms with Crippen molar-refractivity contribution < 1.29 is 14.4 Å². The fraction of sp³-hybridized carbons (Fsp3) is 0.778. The van der Waals surface area contributed by atoms with Gasteiger partial charge in [0, 0.05) is 6.54 Å². The molecule has 0 radical (unpaired) electrons. The van der Waals surface area contributed by atoms with Crippen LogP contribution < -0.4 is 16.0 Å². The minimum absolute atomic E-state index is 0.0150. The fourth-order valence-electron chi connectivity index (χ4n) is 3.47. The van der Waals surface area contributed by atoms with Crippen molar-refractivity contribution in [2.45, 2.75) is 64.1 Å². The Bertz CT molecular complexity index is 566. The highest BCUT2D eigenvalue weighted by molar-refractivity contribution is 6.00. The largest absolute Gasteiger partial charge is 0.326 e. The number of hydrogen-bond donors (Lipinski definition) is 3. The minimum Gasteiger partial charge on any atom is -0.326 e. The predicted octanol–water partition coefficient (Wildman–Crippen LogP) is -0.0999. The molecule has 3 atom stereocenters. The number of carbonyl (C=O) groups is 3. The molecule has 0 unspecified atom stereocenters. The topological polar surface area (TPSA) is 114 Å². The zero-order valence-electron chi connectivity index (χ0n) is 15.6. The molecule has 8 heteroatoms. The maximum Gasteiger partial charge on any atom is 0.243 e. The molecular formula is C18H29N5O3. The molecule has 3 amide bonds. The lowest BCUT2D eigenvalue weighted by Crippen LogP contribution is -2.53. The van der Waals surface area contributed by atoms with E-state index in [1.165, 1.54) is 0 Å². The third-order valence-corrected chi connectivity index (χ3v) is 4.87. The van der Waals surface area contributed by atoms with Gasteiger partial charge in [0.05, 0.1) is 24.7 Å². The van der Waals surface area contributed by atoms with E-state index in [9.17, 15) is 14.4 Å². The van der Waals surface area contributed by atoms with E-state index >= 15 is 0 Å². The van der Waals surface area contributed by atoms with Gasteiger partial charge < -0.3 is 10.2 Å². The molecule has 0 aromatic carbocycles. The van der Waals surface area contributed by atoms with E-state index in [1.807, 2.05) is 13.8 Å². The van der Waals surface area contributed by atoms with Gasteiger partial charge in [0.1, 0.15) is 6.04 Å². The first kappa shape index (κ1) is 20.3. The maximum atomic E-state index is 12.5. The number of imide groups is 1. The third kappa shape index (κ3) is 5.51. The highest BCUT2D eigenvalue weighted by Gasteiger charge is 2.30. The van der Waals surface area contributed by atoms with Crippen molar-refractivity contribution in [1.29, 1.82) is 5.26 Å². The van der Waals surface area contributed by atoms with E-state index in [0.717, 1.165) is 25.8 Å². The Morgan fingerprint density at radius 3 is 2.65 bits per heavy atom. The van der Waals surface area contributed by atoms with Crippen molar-refractivity contribution >= 4 is 17.7 Å². The molecule has 0 aromatic heterocycles. The van der Waals surface area contributed by atoms with Gasteiger partial charge in [0.15, 0.2) is 0 Å². The molecule has 0 saturated carbocycles. The van der Waals surface area contributed by atoms with Gasteiger partial charge in [-0.25, -0.2) is 0 Å². The lowest BCUT2D eigenvalue weighted by atomic mass is 10.0. The molecular weight excluding hydrogens is 334 g/mol. The summed E-state index contributed by atoms with van der Waals surface area (Å²) in [5.74, 6) is -0.659.